The zero-order valence-corrected chi connectivity index (χ0v) is 9.48. The highest BCUT2D eigenvalue weighted by Gasteiger charge is 2.45. The fourth-order valence-electron chi connectivity index (χ4n) is 1.99. The summed E-state index contributed by atoms with van der Waals surface area (Å²) < 4.78 is 36.9. The lowest BCUT2D eigenvalue weighted by atomic mass is 10.0. The maximum absolute atomic E-state index is 12.3. The summed E-state index contributed by atoms with van der Waals surface area (Å²) in [5, 5.41) is 8.63. The van der Waals surface area contributed by atoms with Crippen LogP contribution >= 0.6 is 0 Å². The molecule has 0 amide bonds. The van der Waals surface area contributed by atoms with Crippen LogP contribution in [0.2, 0.25) is 0 Å². The SMILES string of the molecule is CCCN(CC(F)(F)F)CC1(CC#N)CC1. The molecule has 92 valence electrons. The standard InChI is InChI=1S/C11H17F3N2/c1-2-7-16(9-11(12,13)14)8-10(3-4-10)5-6-15/h2-5,7-9H2,1H3. The highest BCUT2D eigenvalue weighted by Crippen LogP contribution is 2.49. The van der Waals surface area contributed by atoms with Crippen molar-refractivity contribution in [2.24, 2.45) is 5.41 Å². The van der Waals surface area contributed by atoms with Gasteiger partial charge in [-0.2, -0.15) is 18.4 Å². The van der Waals surface area contributed by atoms with Crippen molar-refractivity contribution in [1.29, 1.82) is 5.26 Å². The predicted octanol–water partition coefficient (Wildman–Crippen LogP) is 2.95. The molecule has 1 rings (SSSR count). The van der Waals surface area contributed by atoms with E-state index in [0.29, 0.717) is 25.9 Å². The van der Waals surface area contributed by atoms with Gasteiger partial charge in [0.05, 0.1) is 12.6 Å². The molecule has 0 aliphatic heterocycles. The van der Waals surface area contributed by atoms with Crippen molar-refractivity contribution in [2.75, 3.05) is 19.6 Å². The van der Waals surface area contributed by atoms with Gasteiger partial charge in [-0.15, -0.1) is 0 Å². The molecule has 0 spiro atoms. The molecule has 16 heavy (non-hydrogen) atoms. The van der Waals surface area contributed by atoms with E-state index in [4.69, 9.17) is 5.26 Å². The summed E-state index contributed by atoms with van der Waals surface area (Å²) in [5.74, 6) is 0. The van der Waals surface area contributed by atoms with E-state index in [1.54, 1.807) is 0 Å². The molecule has 5 heteroatoms. The Kier molecular flexibility index (Phi) is 4.20. The van der Waals surface area contributed by atoms with Crippen molar-refractivity contribution in [3.8, 4) is 6.07 Å². The van der Waals surface area contributed by atoms with Gasteiger partial charge in [-0.1, -0.05) is 6.92 Å². The Morgan fingerprint density at radius 2 is 2.00 bits per heavy atom. The summed E-state index contributed by atoms with van der Waals surface area (Å²) >= 11 is 0. The highest BCUT2D eigenvalue weighted by atomic mass is 19.4. The van der Waals surface area contributed by atoms with Gasteiger partial charge in [-0.25, -0.2) is 0 Å². The molecule has 1 saturated carbocycles. The topological polar surface area (TPSA) is 27.0 Å². The number of nitriles is 1. The van der Waals surface area contributed by atoms with Gasteiger partial charge in [0.2, 0.25) is 0 Å². The molecule has 0 N–H and O–H groups in total. The van der Waals surface area contributed by atoms with Gasteiger partial charge in [0, 0.05) is 13.0 Å². The first-order valence-corrected chi connectivity index (χ1v) is 5.57. The lowest BCUT2D eigenvalue weighted by Gasteiger charge is -2.26. The second kappa shape index (κ2) is 5.05. The van der Waals surface area contributed by atoms with Gasteiger partial charge in [0.25, 0.3) is 0 Å². The second-order valence-electron chi connectivity index (χ2n) is 4.66. The van der Waals surface area contributed by atoms with E-state index < -0.39 is 12.7 Å². The fraction of sp³-hybridized carbons (Fsp3) is 0.909. The monoisotopic (exact) mass is 234 g/mol. The molecule has 0 aromatic carbocycles. The average Bonchev–Trinajstić information content (AvgIpc) is 2.82. The summed E-state index contributed by atoms with van der Waals surface area (Å²) in [6, 6.07) is 2.07. The molecular formula is C11H17F3N2. The molecule has 1 aliphatic rings. The van der Waals surface area contributed by atoms with Crippen molar-refractivity contribution in [3.63, 3.8) is 0 Å². The van der Waals surface area contributed by atoms with Crippen LogP contribution in [0.3, 0.4) is 0 Å². The van der Waals surface area contributed by atoms with Crippen molar-refractivity contribution in [2.45, 2.75) is 38.8 Å². The summed E-state index contributed by atoms with van der Waals surface area (Å²) in [5.41, 5.74) is -0.144. The van der Waals surface area contributed by atoms with Crippen LogP contribution < -0.4 is 0 Å². The molecule has 2 nitrogen and oxygen atoms in total. The number of hydrogen-bond acceptors (Lipinski definition) is 2. The summed E-state index contributed by atoms with van der Waals surface area (Å²) in [6.07, 6.45) is -1.28. The Morgan fingerprint density at radius 1 is 1.38 bits per heavy atom. The third kappa shape index (κ3) is 4.40. The molecule has 0 aromatic rings. The predicted molar refractivity (Wildman–Crippen MR) is 54.7 cm³/mol. The molecule has 0 heterocycles. The average molecular weight is 234 g/mol. The third-order valence-corrected chi connectivity index (χ3v) is 2.91. The van der Waals surface area contributed by atoms with Crippen molar-refractivity contribution >= 4 is 0 Å². The molecule has 1 aliphatic carbocycles. The number of halogens is 3. The number of rotatable bonds is 6. The number of hydrogen-bond donors (Lipinski definition) is 0. The Balaban J connectivity index is 2.48. The molecule has 0 radical (unpaired) electrons. The minimum absolute atomic E-state index is 0.144. The molecule has 0 saturated heterocycles. The van der Waals surface area contributed by atoms with E-state index in [-0.39, 0.29) is 5.41 Å². The molecule has 0 unspecified atom stereocenters. The van der Waals surface area contributed by atoms with Crippen molar-refractivity contribution in [1.82, 2.24) is 4.90 Å². The minimum atomic E-state index is -4.14. The Morgan fingerprint density at radius 3 is 2.38 bits per heavy atom. The van der Waals surface area contributed by atoms with Crippen LogP contribution in [-0.2, 0) is 0 Å². The van der Waals surface area contributed by atoms with Gasteiger partial charge >= 0.3 is 6.18 Å². The van der Waals surface area contributed by atoms with Crippen LogP contribution in [0.4, 0.5) is 13.2 Å². The first-order chi connectivity index (χ1) is 7.41. The maximum Gasteiger partial charge on any atom is 0.401 e. The van der Waals surface area contributed by atoms with Gasteiger partial charge < -0.3 is 0 Å². The van der Waals surface area contributed by atoms with E-state index in [0.717, 1.165) is 12.8 Å². The van der Waals surface area contributed by atoms with Crippen molar-refractivity contribution in [3.05, 3.63) is 0 Å². The first-order valence-electron chi connectivity index (χ1n) is 5.57. The zero-order valence-electron chi connectivity index (χ0n) is 9.48. The van der Waals surface area contributed by atoms with Crippen LogP contribution in [0.5, 0.6) is 0 Å². The van der Waals surface area contributed by atoms with Crippen molar-refractivity contribution < 1.29 is 13.2 Å². The maximum atomic E-state index is 12.3. The molecule has 0 bridgehead atoms. The quantitative estimate of drug-likeness (QED) is 0.706. The summed E-state index contributed by atoms with van der Waals surface area (Å²) in [6.45, 7) is 1.88. The summed E-state index contributed by atoms with van der Waals surface area (Å²) in [4.78, 5) is 1.43. The van der Waals surface area contributed by atoms with Gasteiger partial charge in [-0.05, 0) is 31.2 Å². The van der Waals surface area contributed by atoms with E-state index in [2.05, 4.69) is 6.07 Å². The van der Waals surface area contributed by atoms with E-state index in [1.165, 1.54) is 4.90 Å². The van der Waals surface area contributed by atoms with Crippen LogP contribution in [0.1, 0.15) is 32.6 Å². The van der Waals surface area contributed by atoms with E-state index in [1.807, 2.05) is 6.92 Å². The first kappa shape index (κ1) is 13.3. The van der Waals surface area contributed by atoms with Crippen LogP contribution in [0.25, 0.3) is 0 Å². The molecule has 0 aromatic heterocycles. The number of alkyl halides is 3. The second-order valence-corrected chi connectivity index (χ2v) is 4.66. The Labute approximate surface area is 94.0 Å². The minimum Gasteiger partial charge on any atom is -0.294 e. The van der Waals surface area contributed by atoms with Gasteiger partial charge in [0.1, 0.15) is 0 Å². The van der Waals surface area contributed by atoms with E-state index in [9.17, 15) is 13.2 Å². The van der Waals surface area contributed by atoms with Crippen LogP contribution in [0.15, 0.2) is 0 Å². The highest BCUT2D eigenvalue weighted by molar-refractivity contribution is 5.01. The lowest BCUT2D eigenvalue weighted by Crippen LogP contribution is -2.38. The lowest BCUT2D eigenvalue weighted by molar-refractivity contribution is -0.147. The normalized spacial score (nSPS) is 18.5. The van der Waals surface area contributed by atoms with Gasteiger partial charge in [0.15, 0.2) is 0 Å². The Hall–Kier alpha value is -0.760. The van der Waals surface area contributed by atoms with E-state index >= 15 is 0 Å². The largest absolute Gasteiger partial charge is 0.401 e. The smallest absolute Gasteiger partial charge is 0.294 e. The Bertz CT molecular complexity index is 263. The summed E-state index contributed by atoms with van der Waals surface area (Å²) in [7, 11) is 0. The third-order valence-electron chi connectivity index (χ3n) is 2.91. The molecule has 0 atom stereocenters. The zero-order chi connectivity index (χ0) is 12.2. The molecule has 1 fully saturated rings. The number of nitrogens with zero attached hydrogens (tertiary/aromatic N) is 2. The molecular weight excluding hydrogens is 217 g/mol. The van der Waals surface area contributed by atoms with Gasteiger partial charge in [-0.3, -0.25) is 4.90 Å². The van der Waals surface area contributed by atoms with Crippen LogP contribution in [-0.4, -0.2) is 30.7 Å². The van der Waals surface area contributed by atoms with Crippen LogP contribution in [0, 0.1) is 16.7 Å². The fourth-order valence-corrected chi connectivity index (χ4v) is 1.99.